The van der Waals surface area contributed by atoms with Gasteiger partial charge in [-0.25, -0.2) is 0 Å². The molecule has 3 N–H and O–H groups in total. The number of rotatable bonds is 8. The number of benzene rings is 1. The Hall–Kier alpha value is -1.89. The van der Waals surface area contributed by atoms with Crippen LogP contribution in [-0.2, 0) is 19.4 Å². The van der Waals surface area contributed by atoms with Gasteiger partial charge in [0.15, 0.2) is 5.96 Å². The monoisotopic (exact) mass is 386 g/mol. The van der Waals surface area contributed by atoms with Crippen LogP contribution in [0.25, 0.3) is 0 Å². The number of hydrogen-bond donors (Lipinski definition) is 3. The highest BCUT2D eigenvalue weighted by Gasteiger charge is 2.18. The van der Waals surface area contributed by atoms with Crippen LogP contribution >= 0.6 is 11.3 Å². The number of β-amino-alcohol motifs (C(OH)–C–C–N with tert-alkyl or cyclic N) is 1. The molecule has 27 heavy (non-hydrogen) atoms. The molecule has 0 spiro atoms. The number of hydrogen-bond acceptors (Lipinski definition) is 4. The van der Waals surface area contributed by atoms with Gasteiger partial charge < -0.3 is 15.7 Å². The van der Waals surface area contributed by atoms with Gasteiger partial charge in [-0.2, -0.15) is 0 Å². The van der Waals surface area contributed by atoms with E-state index in [1.54, 1.807) is 11.3 Å². The third-order valence-electron chi connectivity index (χ3n) is 4.73. The molecule has 0 fully saturated rings. The van der Waals surface area contributed by atoms with Crippen molar-refractivity contribution in [3.05, 3.63) is 57.8 Å². The van der Waals surface area contributed by atoms with Crippen molar-refractivity contribution in [1.29, 1.82) is 0 Å². The fourth-order valence-corrected chi connectivity index (χ4v) is 4.07. The van der Waals surface area contributed by atoms with E-state index in [-0.39, 0.29) is 0 Å². The maximum Gasteiger partial charge on any atom is 0.191 e. The lowest BCUT2D eigenvalue weighted by atomic mass is 10.00. The summed E-state index contributed by atoms with van der Waals surface area (Å²) in [5.74, 6) is 0.775. The van der Waals surface area contributed by atoms with Crippen LogP contribution in [0.1, 0.15) is 22.9 Å². The maximum absolute atomic E-state index is 10.4. The number of aliphatic imine (C=N–C) groups is 1. The lowest BCUT2D eigenvalue weighted by Gasteiger charge is -2.30. The van der Waals surface area contributed by atoms with Crippen molar-refractivity contribution in [2.75, 3.05) is 32.7 Å². The maximum atomic E-state index is 10.4. The van der Waals surface area contributed by atoms with Crippen molar-refractivity contribution in [1.82, 2.24) is 15.5 Å². The van der Waals surface area contributed by atoms with Crippen molar-refractivity contribution in [3.8, 4) is 0 Å². The average molecular weight is 387 g/mol. The zero-order valence-electron chi connectivity index (χ0n) is 16.0. The van der Waals surface area contributed by atoms with E-state index in [1.165, 1.54) is 16.0 Å². The van der Waals surface area contributed by atoms with Gasteiger partial charge in [0.1, 0.15) is 0 Å². The van der Waals surface area contributed by atoms with Crippen LogP contribution < -0.4 is 10.6 Å². The summed E-state index contributed by atoms with van der Waals surface area (Å²) in [7, 11) is 0. The summed E-state index contributed by atoms with van der Waals surface area (Å²) in [6.07, 6.45) is 1.58. The first-order chi connectivity index (χ1) is 13.2. The van der Waals surface area contributed by atoms with Crippen molar-refractivity contribution >= 4 is 17.3 Å². The number of nitrogens with zero attached hydrogens (tertiary/aromatic N) is 2. The Kier molecular flexibility index (Phi) is 7.68. The Morgan fingerprint density at radius 2 is 2.07 bits per heavy atom. The molecule has 1 aromatic heterocycles. The number of aliphatic hydroxyl groups excluding tert-OH is 1. The zero-order chi connectivity index (χ0) is 18.9. The minimum absolute atomic E-state index is 0.409. The van der Waals surface area contributed by atoms with E-state index in [9.17, 15) is 5.11 Å². The smallest absolute Gasteiger partial charge is 0.191 e. The van der Waals surface area contributed by atoms with Crippen molar-refractivity contribution in [3.63, 3.8) is 0 Å². The first kappa shape index (κ1) is 19.9. The average Bonchev–Trinajstić information content (AvgIpc) is 3.19. The highest BCUT2D eigenvalue weighted by atomic mass is 32.1. The zero-order valence-corrected chi connectivity index (χ0v) is 16.8. The summed E-state index contributed by atoms with van der Waals surface area (Å²) in [6.45, 7) is 6.68. The second-order valence-corrected chi connectivity index (χ2v) is 7.92. The molecule has 0 aliphatic carbocycles. The Bertz CT molecular complexity index is 717. The van der Waals surface area contributed by atoms with E-state index < -0.39 is 6.10 Å². The van der Waals surface area contributed by atoms with Gasteiger partial charge in [0, 0.05) is 37.6 Å². The molecule has 6 heteroatoms. The number of fused-ring (bicyclic) bond motifs is 1. The van der Waals surface area contributed by atoms with Crippen LogP contribution in [-0.4, -0.2) is 54.8 Å². The lowest BCUT2D eigenvalue weighted by Crippen LogP contribution is -2.40. The summed E-state index contributed by atoms with van der Waals surface area (Å²) in [4.78, 5) is 8.25. The number of thiophene rings is 1. The van der Waals surface area contributed by atoms with Gasteiger partial charge in [-0.05, 0) is 42.3 Å². The first-order valence-corrected chi connectivity index (χ1v) is 10.6. The summed E-state index contributed by atoms with van der Waals surface area (Å²) < 4.78 is 0. The van der Waals surface area contributed by atoms with Gasteiger partial charge in [0.2, 0.25) is 0 Å². The summed E-state index contributed by atoms with van der Waals surface area (Å²) in [5, 5.41) is 19.1. The van der Waals surface area contributed by atoms with Crippen LogP contribution in [0.5, 0.6) is 0 Å². The highest BCUT2D eigenvalue weighted by molar-refractivity contribution is 7.09. The van der Waals surface area contributed by atoms with Crippen molar-refractivity contribution in [2.45, 2.75) is 32.4 Å². The molecule has 0 amide bonds. The molecule has 1 aromatic carbocycles. The van der Waals surface area contributed by atoms with Crippen LogP contribution in [0, 0.1) is 0 Å². The first-order valence-electron chi connectivity index (χ1n) is 9.76. The fraction of sp³-hybridized carbons (Fsp3) is 0.476. The van der Waals surface area contributed by atoms with E-state index in [4.69, 9.17) is 0 Å². The third kappa shape index (κ3) is 6.34. The predicted octanol–water partition coefficient (Wildman–Crippen LogP) is 2.26. The Balaban J connectivity index is 1.44. The molecule has 1 aliphatic heterocycles. The number of aliphatic hydroxyl groups is 1. The lowest BCUT2D eigenvalue weighted by molar-refractivity contribution is 0.111. The quantitative estimate of drug-likeness (QED) is 0.481. The second kappa shape index (κ2) is 10.4. The minimum atomic E-state index is -0.456. The van der Waals surface area contributed by atoms with Gasteiger partial charge in [-0.15, -0.1) is 11.3 Å². The standard InChI is InChI=1S/C21H30N4OS/c1-2-22-21(23-11-9-20-8-5-13-27-20)24-14-19(26)16-25-12-10-17-6-3-4-7-18(17)15-25/h3-8,13,19,26H,2,9-12,14-16H2,1H3,(H2,22,23,24). The Morgan fingerprint density at radius 1 is 1.22 bits per heavy atom. The van der Waals surface area contributed by atoms with Gasteiger partial charge in [0.05, 0.1) is 12.6 Å². The molecule has 1 unspecified atom stereocenters. The topological polar surface area (TPSA) is 59.9 Å². The Morgan fingerprint density at radius 3 is 2.85 bits per heavy atom. The number of nitrogens with one attached hydrogen (secondary N) is 2. The molecule has 0 radical (unpaired) electrons. The molecule has 2 heterocycles. The van der Waals surface area contributed by atoms with Crippen LogP contribution in [0.3, 0.4) is 0 Å². The molecular weight excluding hydrogens is 356 g/mol. The SMILES string of the molecule is CCNC(=NCC(O)CN1CCc2ccccc2C1)NCCc1cccs1. The van der Waals surface area contributed by atoms with E-state index in [2.05, 4.69) is 69.2 Å². The van der Waals surface area contributed by atoms with Gasteiger partial charge in [-0.1, -0.05) is 30.3 Å². The molecule has 0 bridgehead atoms. The summed E-state index contributed by atoms with van der Waals surface area (Å²) in [6, 6.07) is 12.8. The molecule has 1 atom stereocenters. The summed E-state index contributed by atoms with van der Waals surface area (Å²) >= 11 is 1.77. The Labute approximate surface area is 166 Å². The normalized spacial score (nSPS) is 16.0. The minimum Gasteiger partial charge on any atom is -0.390 e. The molecule has 1 aliphatic rings. The van der Waals surface area contributed by atoms with E-state index >= 15 is 0 Å². The van der Waals surface area contributed by atoms with Crippen molar-refractivity contribution in [2.24, 2.45) is 4.99 Å². The molecule has 146 valence electrons. The van der Waals surface area contributed by atoms with Gasteiger partial charge in [-0.3, -0.25) is 9.89 Å². The van der Waals surface area contributed by atoms with Crippen LogP contribution in [0.4, 0.5) is 0 Å². The van der Waals surface area contributed by atoms with E-state index in [0.29, 0.717) is 13.1 Å². The third-order valence-corrected chi connectivity index (χ3v) is 5.66. The molecule has 5 nitrogen and oxygen atoms in total. The molecule has 0 saturated carbocycles. The van der Waals surface area contributed by atoms with Gasteiger partial charge >= 0.3 is 0 Å². The van der Waals surface area contributed by atoms with Crippen molar-refractivity contribution < 1.29 is 5.11 Å². The fourth-order valence-electron chi connectivity index (χ4n) is 3.36. The molecular formula is C21H30N4OS. The predicted molar refractivity (Wildman–Crippen MR) is 113 cm³/mol. The molecule has 2 aromatic rings. The van der Waals surface area contributed by atoms with Crippen LogP contribution in [0.15, 0.2) is 46.8 Å². The largest absolute Gasteiger partial charge is 0.390 e. The van der Waals surface area contributed by atoms with E-state index in [1.807, 2.05) is 0 Å². The van der Waals surface area contributed by atoms with Crippen LogP contribution in [0.2, 0.25) is 0 Å². The molecule has 3 rings (SSSR count). The summed E-state index contributed by atoms with van der Waals surface area (Å²) in [5.41, 5.74) is 2.81. The second-order valence-electron chi connectivity index (χ2n) is 6.88. The number of guanidine groups is 1. The molecule has 0 saturated heterocycles. The van der Waals surface area contributed by atoms with Gasteiger partial charge in [0.25, 0.3) is 0 Å². The highest BCUT2D eigenvalue weighted by Crippen LogP contribution is 2.18. The van der Waals surface area contributed by atoms with E-state index in [0.717, 1.165) is 45.0 Å².